The quantitative estimate of drug-likeness (QED) is 0.694. The number of benzene rings is 1. The van der Waals surface area contributed by atoms with Crippen molar-refractivity contribution in [3.63, 3.8) is 0 Å². The molecule has 4 heteroatoms. The number of nitrogens with zero attached hydrogens (tertiary/aromatic N) is 2. The molecule has 120 valence electrons. The average Bonchev–Trinajstić information content (AvgIpc) is 3.13. The minimum absolute atomic E-state index is 0.571. The smallest absolute Gasteiger partial charge is 0.194 e. The van der Waals surface area contributed by atoms with E-state index in [0.717, 1.165) is 37.8 Å². The highest BCUT2D eigenvalue weighted by molar-refractivity contribution is 5.81. The number of furan rings is 1. The molecule has 0 radical (unpaired) electrons. The molecule has 0 atom stereocenters. The van der Waals surface area contributed by atoms with Gasteiger partial charge in [0.15, 0.2) is 5.96 Å². The highest BCUT2D eigenvalue weighted by Crippen LogP contribution is 2.22. The molecule has 1 aliphatic heterocycles. The van der Waals surface area contributed by atoms with Crippen molar-refractivity contribution in [1.82, 2.24) is 10.2 Å². The summed E-state index contributed by atoms with van der Waals surface area (Å²) in [6, 6.07) is 14.5. The second-order valence-electron chi connectivity index (χ2n) is 5.54. The zero-order valence-corrected chi connectivity index (χ0v) is 13.5. The molecule has 0 fully saturated rings. The van der Waals surface area contributed by atoms with E-state index in [1.165, 1.54) is 11.1 Å². The Balaban J connectivity index is 1.67. The van der Waals surface area contributed by atoms with E-state index in [0.29, 0.717) is 6.54 Å². The van der Waals surface area contributed by atoms with Crippen LogP contribution in [0.4, 0.5) is 0 Å². The molecule has 0 unspecified atom stereocenters. The molecule has 23 heavy (non-hydrogen) atoms. The third-order valence-corrected chi connectivity index (χ3v) is 3.95. The first-order valence-corrected chi connectivity index (χ1v) is 8.17. The number of nitrogens with one attached hydrogen (secondary N) is 1. The van der Waals surface area contributed by atoms with Crippen LogP contribution in [0.15, 0.2) is 64.2 Å². The predicted molar refractivity (Wildman–Crippen MR) is 94.1 cm³/mol. The van der Waals surface area contributed by atoms with Gasteiger partial charge in [0.2, 0.25) is 0 Å². The Morgan fingerprint density at radius 3 is 2.74 bits per heavy atom. The maximum atomic E-state index is 5.36. The van der Waals surface area contributed by atoms with Crippen LogP contribution in [0.2, 0.25) is 0 Å². The van der Waals surface area contributed by atoms with Crippen LogP contribution in [-0.2, 0) is 6.54 Å². The van der Waals surface area contributed by atoms with E-state index in [-0.39, 0.29) is 0 Å². The summed E-state index contributed by atoms with van der Waals surface area (Å²) in [6.07, 6.45) is 5.03. The third kappa shape index (κ3) is 4.03. The fourth-order valence-electron chi connectivity index (χ4n) is 2.76. The molecule has 4 nitrogen and oxygen atoms in total. The van der Waals surface area contributed by atoms with Crippen molar-refractivity contribution in [2.45, 2.75) is 19.9 Å². The van der Waals surface area contributed by atoms with E-state index in [1.807, 2.05) is 12.1 Å². The molecule has 0 aliphatic carbocycles. The van der Waals surface area contributed by atoms with Gasteiger partial charge in [0.1, 0.15) is 12.3 Å². The first kappa shape index (κ1) is 15.4. The SMILES string of the molecule is CCNC(=NCc1ccco1)N1CC=C(c2ccccc2)CC1. The summed E-state index contributed by atoms with van der Waals surface area (Å²) >= 11 is 0. The van der Waals surface area contributed by atoms with Crippen LogP contribution in [0.3, 0.4) is 0 Å². The molecule has 1 aromatic carbocycles. The van der Waals surface area contributed by atoms with E-state index in [4.69, 9.17) is 4.42 Å². The third-order valence-electron chi connectivity index (χ3n) is 3.95. The Morgan fingerprint density at radius 2 is 2.09 bits per heavy atom. The largest absolute Gasteiger partial charge is 0.467 e. The van der Waals surface area contributed by atoms with E-state index < -0.39 is 0 Å². The van der Waals surface area contributed by atoms with E-state index in [9.17, 15) is 0 Å². The molecule has 0 bridgehead atoms. The summed E-state index contributed by atoms with van der Waals surface area (Å²) < 4.78 is 5.36. The standard InChI is InChI=1S/C19H23N3O/c1-2-20-19(21-15-18-9-6-14-23-18)22-12-10-17(11-13-22)16-7-4-3-5-8-16/h3-10,14H,2,11-13,15H2,1H3,(H,20,21). The van der Waals surface area contributed by atoms with Gasteiger partial charge in [-0.15, -0.1) is 0 Å². The van der Waals surface area contributed by atoms with Crippen LogP contribution in [0.1, 0.15) is 24.7 Å². The number of hydrogen-bond donors (Lipinski definition) is 1. The fourth-order valence-corrected chi connectivity index (χ4v) is 2.76. The van der Waals surface area contributed by atoms with Gasteiger partial charge in [-0.25, -0.2) is 4.99 Å². The van der Waals surface area contributed by atoms with Gasteiger partial charge in [-0.3, -0.25) is 0 Å². The number of aliphatic imine (C=N–C) groups is 1. The van der Waals surface area contributed by atoms with Gasteiger partial charge >= 0.3 is 0 Å². The lowest BCUT2D eigenvalue weighted by Crippen LogP contribution is -2.43. The van der Waals surface area contributed by atoms with Crippen LogP contribution in [-0.4, -0.2) is 30.5 Å². The highest BCUT2D eigenvalue weighted by atomic mass is 16.3. The Labute approximate surface area is 137 Å². The molecule has 0 saturated carbocycles. The van der Waals surface area contributed by atoms with Crippen LogP contribution in [0.25, 0.3) is 5.57 Å². The molecule has 3 rings (SSSR count). The molecule has 1 aromatic heterocycles. The minimum Gasteiger partial charge on any atom is -0.467 e. The normalized spacial score (nSPS) is 15.4. The number of rotatable bonds is 4. The first-order chi connectivity index (χ1) is 11.4. The fraction of sp³-hybridized carbons (Fsp3) is 0.316. The zero-order chi connectivity index (χ0) is 15.9. The topological polar surface area (TPSA) is 40.8 Å². The van der Waals surface area contributed by atoms with Gasteiger partial charge in [-0.05, 0) is 36.6 Å². The van der Waals surface area contributed by atoms with E-state index >= 15 is 0 Å². The Morgan fingerprint density at radius 1 is 1.22 bits per heavy atom. The van der Waals surface area contributed by atoms with Crippen molar-refractivity contribution in [2.75, 3.05) is 19.6 Å². The van der Waals surface area contributed by atoms with Crippen molar-refractivity contribution >= 4 is 11.5 Å². The molecular formula is C19H23N3O. The van der Waals surface area contributed by atoms with E-state index in [2.05, 4.69) is 58.5 Å². The summed E-state index contributed by atoms with van der Waals surface area (Å²) in [5.74, 6) is 1.84. The van der Waals surface area contributed by atoms with Gasteiger partial charge in [0.25, 0.3) is 0 Å². The summed E-state index contributed by atoms with van der Waals surface area (Å²) in [5, 5.41) is 3.37. The van der Waals surface area contributed by atoms with Gasteiger partial charge < -0.3 is 14.6 Å². The average molecular weight is 309 g/mol. The molecule has 0 spiro atoms. The predicted octanol–water partition coefficient (Wildman–Crippen LogP) is 3.53. The van der Waals surface area contributed by atoms with Crippen molar-refractivity contribution in [3.8, 4) is 0 Å². The zero-order valence-electron chi connectivity index (χ0n) is 13.5. The first-order valence-electron chi connectivity index (χ1n) is 8.17. The number of hydrogen-bond acceptors (Lipinski definition) is 2. The summed E-state index contributed by atoms with van der Waals surface area (Å²) in [4.78, 5) is 6.98. The molecule has 1 aliphatic rings. The lowest BCUT2D eigenvalue weighted by atomic mass is 10.00. The van der Waals surface area contributed by atoms with Crippen molar-refractivity contribution in [3.05, 3.63) is 66.1 Å². The molecule has 2 heterocycles. The van der Waals surface area contributed by atoms with Crippen LogP contribution < -0.4 is 5.32 Å². The maximum Gasteiger partial charge on any atom is 0.194 e. The minimum atomic E-state index is 0.571. The van der Waals surface area contributed by atoms with Crippen LogP contribution >= 0.6 is 0 Å². The van der Waals surface area contributed by atoms with Crippen LogP contribution in [0, 0.1) is 0 Å². The van der Waals surface area contributed by atoms with Gasteiger partial charge in [-0.2, -0.15) is 0 Å². The molecule has 2 aromatic rings. The van der Waals surface area contributed by atoms with Gasteiger partial charge in [0, 0.05) is 19.6 Å². The second kappa shape index (κ2) is 7.68. The van der Waals surface area contributed by atoms with Crippen molar-refractivity contribution in [2.24, 2.45) is 4.99 Å². The van der Waals surface area contributed by atoms with Crippen LogP contribution in [0.5, 0.6) is 0 Å². The molecule has 1 N–H and O–H groups in total. The Bertz CT molecular complexity index is 659. The molecule has 0 saturated heterocycles. The lowest BCUT2D eigenvalue weighted by molar-refractivity contribution is 0.437. The summed E-state index contributed by atoms with van der Waals surface area (Å²) in [7, 11) is 0. The van der Waals surface area contributed by atoms with E-state index in [1.54, 1.807) is 6.26 Å². The monoisotopic (exact) mass is 309 g/mol. The molecule has 0 amide bonds. The van der Waals surface area contributed by atoms with Crippen molar-refractivity contribution in [1.29, 1.82) is 0 Å². The lowest BCUT2D eigenvalue weighted by Gasteiger charge is -2.29. The highest BCUT2D eigenvalue weighted by Gasteiger charge is 2.16. The van der Waals surface area contributed by atoms with Gasteiger partial charge in [-0.1, -0.05) is 36.4 Å². The van der Waals surface area contributed by atoms with Crippen molar-refractivity contribution < 1.29 is 4.42 Å². The molecular weight excluding hydrogens is 286 g/mol. The van der Waals surface area contributed by atoms with Gasteiger partial charge in [0.05, 0.1) is 6.26 Å². The second-order valence-corrected chi connectivity index (χ2v) is 5.54. The Hall–Kier alpha value is -2.49. The maximum absolute atomic E-state index is 5.36. The summed E-state index contributed by atoms with van der Waals surface area (Å²) in [5.41, 5.74) is 2.74. The summed E-state index contributed by atoms with van der Waals surface area (Å²) in [6.45, 7) is 5.39. The Kier molecular flexibility index (Phi) is 5.14. The number of guanidine groups is 1.